The van der Waals surface area contributed by atoms with Gasteiger partial charge in [-0.05, 0) is 181 Å². The molecule has 0 atom stereocenters. The summed E-state index contributed by atoms with van der Waals surface area (Å²) in [5.41, 5.74) is 9.38. The van der Waals surface area contributed by atoms with E-state index in [2.05, 4.69) is 112 Å². The summed E-state index contributed by atoms with van der Waals surface area (Å²) in [5, 5.41) is 95.1. The maximum Gasteiger partial charge on any atom is 0.122 e. The van der Waals surface area contributed by atoms with Crippen LogP contribution in [0.1, 0.15) is 94.6 Å². The maximum atomic E-state index is 11.9. The first-order valence-corrected chi connectivity index (χ1v) is 28.1. The van der Waals surface area contributed by atoms with Crippen LogP contribution in [0.5, 0.6) is 46.0 Å². The SMILES string of the molecule is Cc1cc2c(O)c(c1)Cc1cc(Br)cc(c1O)Cc1cc(Br)cc(c1O)Cc1cc(Br)cc(c1O)Cc1cc(Br)cc(c1O)Cc1cc(Br)cc(c1O)Cc1cc(Br)cc(c1O)Cc1cc(Br)cc(c1O)C2. The Hall–Kier alpha value is -4.48. The summed E-state index contributed by atoms with van der Waals surface area (Å²) in [6, 6.07) is 28.8. The van der Waals surface area contributed by atoms with Gasteiger partial charge < -0.3 is 40.9 Å². The fourth-order valence-electron chi connectivity index (χ4n) is 9.75. The molecule has 72 heavy (non-hydrogen) atoms. The molecule has 9 rings (SSSR count). The highest BCUT2D eigenvalue weighted by molar-refractivity contribution is 9.11. The molecule has 0 heterocycles. The summed E-state index contributed by atoms with van der Waals surface area (Å²) in [7, 11) is 0. The highest BCUT2D eigenvalue weighted by Gasteiger charge is 2.24. The zero-order chi connectivity index (χ0) is 51.4. The molecule has 0 saturated heterocycles. The summed E-state index contributed by atoms with van der Waals surface area (Å²) in [4.78, 5) is 0. The van der Waals surface area contributed by atoms with Crippen molar-refractivity contribution >= 4 is 112 Å². The minimum absolute atomic E-state index is 0.00278. The number of benzene rings is 8. The molecule has 8 nitrogen and oxygen atoms in total. The van der Waals surface area contributed by atoms with Crippen molar-refractivity contribution in [3.63, 3.8) is 0 Å². The number of hydrogen-bond acceptors (Lipinski definition) is 8. The molecule has 15 heteroatoms. The number of fused-ring (bicyclic) bond motifs is 16. The number of rotatable bonds is 0. The smallest absolute Gasteiger partial charge is 0.122 e. The van der Waals surface area contributed by atoms with Gasteiger partial charge in [0.15, 0.2) is 0 Å². The van der Waals surface area contributed by atoms with Crippen LogP contribution in [0.2, 0.25) is 0 Å². The first-order valence-electron chi connectivity index (χ1n) is 22.5. The van der Waals surface area contributed by atoms with E-state index in [0.29, 0.717) is 120 Å². The molecule has 8 N–H and O–H groups in total. The van der Waals surface area contributed by atoms with E-state index in [4.69, 9.17) is 0 Å². The third-order valence-corrected chi connectivity index (χ3v) is 16.3. The zero-order valence-corrected chi connectivity index (χ0v) is 49.2. The van der Waals surface area contributed by atoms with Crippen molar-refractivity contribution in [3.8, 4) is 46.0 Å². The number of aryl methyl sites for hydroxylation is 1. The van der Waals surface area contributed by atoms with E-state index in [1.165, 1.54) is 0 Å². The van der Waals surface area contributed by atoms with E-state index in [-0.39, 0.29) is 97.4 Å². The molecule has 0 aromatic heterocycles. The molecule has 368 valence electrons. The maximum absolute atomic E-state index is 11.9. The Bertz CT molecular complexity index is 2640. The molecule has 8 aromatic rings. The number of halogens is 7. The molecule has 0 saturated carbocycles. The van der Waals surface area contributed by atoms with Gasteiger partial charge in [0, 0.05) is 82.7 Å². The van der Waals surface area contributed by atoms with Gasteiger partial charge in [-0.15, -0.1) is 0 Å². The normalized spacial score (nSPS) is 13.0. The van der Waals surface area contributed by atoms with Gasteiger partial charge in [0.25, 0.3) is 0 Å². The zero-order valence-electron chi connectivity index (χ0n) is 38.1. The largest absolute Gasteiger partial charge is 0.507 e. The molecule has 1 aliphatic carbocycles. The molecule has 0 radical (unpaired) electrons. The standard InChI is InChI=1S/C57H43Br7O8/c1-26-2-27-4-29-12-43(58)14-31(51(29)66)6-33-16-45(60)18-35(53(33)68)8-37-20-47(62)22-39(55(37)70)10-41-24-49(64)25-42(57(41)72)11-40-23-48(63)21-38(56(40)71)9-36-19-46(61)17-34(54(36)69)7-32-15-44(59)13-30(52(32)67)5-28(3-26)50(27)65/h2-3,12-25,65-72H,4-11H2,1H3. The van der Waals surface area contributed by atoms with Crippen molar-refractivity contribution in [2.24, 2.45) is 0 Å². The van der Waals surface area contributed by atoms with Crippen LogP contribution in [-0.4, -0.2) is 40.9 Å². The van der Waals surface area contributed by atoms with Crippen molar-refractivity contribution in [1.29, 1.82) is 0 Å². The van der Waals surface area contributed by atoms with Gasteiger partial charge in [-0.25, -0.2) is 0 Å². The van der Waals surface area contributed by atoms with Gasteiger partial charge in [0.05, 0.1) is 0 Å². The molecule has 1 aliphatic rings. The molecule has 0 amide bonds. The number of phenols is 8. The van der Waals surface area contributed by atoms with Crippen LogP contribution in [0, 0.1) is 6.92 Å². The highest BCUT2D eigenvalue weighted by atomic mass is 79.9. The second-order valence-electron chi connectivity index (χ2n) is 18.4. The van der Waals surface area contributed by atoms with E-state index >= 15 is 0 Å². The Morgan fingerprint density at radius 2 is 0.306 bits per heavy atom. The Labute approximate surface area is 475 Å². The number of hydrogen-bond donors (Lipinski definition) is 8. The average Bonchev–Trinajstić information content (AvgIpc) is 3.30. The van der Waals surface area contributed by atoms with E-state index in [9.17, 15) is 40.9 Å². The first kappa shape index (κ1) is 52.4. The molecule has 0 spiro atoms. The molecular weight excluding hydrogens is 1370 g/mol. The summed E-state index contributed by atoms with van der Waals surface area (Å²) in [6.07, 6.45) is 1.16. The third kappa shape index (κ3) is 11.3. The minimum atomic E-state index is -0.00690. The lowest BCUT2D eigenvalue weighted by atomic mass is 9.91. The molecule has 0 fully saturated rings. The monoisotopic (exact) mass is 1410 g/mol. The number of phenolic OH excluding ortho intramolecular Hbond substituents is 8. The second kappa shape index (κ2) is 21.4. The number of aromatic hydroxyl groups is 8. The van der Waals surface area contributed by atoms with Crippen molar-refractivity contribution < 1.29 is 40.9 Å². The predicted molar refractivity (Wildman–Crippen MR) is 306 cm³/mol. The van der Waals surface area contributed by atoms with Gasteiger partial charge in [-0.3, -0.25) is 0 Å². The molecular formula is C57H43Br7O8. The summed E-state index contributed by atoms with van der Waals surface area (Å²) in [5.74, 6) is 0.00992. The topological polar surface area (TPSA) is 162 Å². The van der Waals surface area contributed by atoms with Crippen molar-refractivity contribution in [3.05, 3.63) is 223 Å². The Kier molecular flexibility index (Phi) is 15.6. The van der Waals surface area contributed by atoms with Crippen LogP contribution in [0.4, 0.5) is 0 Å². The summed E-state index contributed by atoms with van der Waals surface area (Å²) >= 11 is 25.4. The Morgan fingerprint density at radius 1 is 0.208 bits per heavy atom. The van der Waals surface area contributed by atoms with E-state index in [1.54, 1.807) is 84.9 Å². The van der Waals surface area contributed by atoms with Gasteiger partial charge in [-0.1, -0.05) is 129 Å². The van der Waals surface area contributed by atoms with Crippen LogP contribution >= 0.6 is 112 Å². The van der Waals surface area contributed by atoms with Gasteiger partial charge >= 0.3 is 0 Å². The molecule has 0 aliphatic heterocycles. The summed E-state index contributed by atoms with van der Waals surface area (Å²) < 4.78 is 4.79. The average molecular weight is 1420 g/mol. The predicted octanol–water partition coefficient (Wildman–Crippen LogP) is 16.0. The van der Waals surface area contributed by atoms with Crippen molar-refractivity contribution in [1.82, 2.24) is 0 Å². The van der Waals surface area contributed by atoms with Crippen LogP contribution in [0.25, 0.3) is 0 Å². The molecule has 0 unspecified atom stereocenters. The molecule has 8 aromatic carbocycles. The van der Waals surface area contributed by atoms with E-state index in [1.807, 2.05) is 19.1 Å². The molecule has 16 bridgehead atoms. The van der Waals surface area contributed by atoms with Crippen LogP contribution in [0.3, 0.4) is 0 Å². The van der Waals surface area contributed by atoms with Gasteiger partial charge in [0.1, 0.15) is 46.0 Å². The van der Waals surface area contributed by atoms with E-state index < -0.39 is 0 Å². The lowest BCUT2D eigenvalue weighted by Gasteiger charge is -2.18. The third-order valence-electron chi connectivity index (χ3n) is 13.1. The van der Waals surface area contributed by atoms with E-state index in [0.717, 1.165) is 5.56 Å². The van der Waals surface area contributed by atoms with Crippen molar-refractivity contribution in [2.45, 2.75) is 58.3 Å². The quantitative estimate of drug-likeness (QED) is 0.0744. The van der Waals surface area contributed by atoms with Crippen LogP contribution < -0.4 is 0 Å². The van der Waals surface area contributed by atoms with Crippen molar-refractivity contribution in [2.75, 3.05) is 0 Å². The first-order chi connectivity index (χ1) is 34.2. The lowest BCUT2D eigenvalue weighted by molar-refractivity contribution is 0.452. The second-order valence-corrected chi connectivity index (χ2v) is 24.8. The lowest BCUT2D eigenvalue weighted by Crippen LogP contribution is -2.01. The van der Waals surface area contributed by atoms with Crippen LogP contribution in [0.15, 0.2) is 128 Å². The van der Waals surface area contributed by atoms with Gasteiger partial charge in [0.2, 0.25) is 0 Å². The summed E-state index contributed by atoms with van der Waals surface area (Å²) in [6.45, 7) is 1.92. The minimum Gasteiger partial charge on any atom is -0.507 e. The Morgan fingerprint density at radius 3 is 0.417 bits per heavy atom. The Balaban J connectivity index is 1.18. The fraction of sp³-hybridized carbons (Fsp3) is 0.158. The highest BCUT2D eigenvalue weighted by Crippen LogP contribution is 2.43. The van der Waals surface area contributed by atoms with Gasteiger partial charge in [-0.2, -0.15) is 0 Å². The van der Waals surface area contributed by atoms with Crippen LogP contribution in [-0.2, 0) is 51.4 Å². The fourth-order valence-corrected chi connectivity index (χ4v) is 13.6.